The molecule has 0 saturated heterocycles. The van der Waals surface area contributed by atoms with E-state index in [-0.39, 0.29) is 0 Å². The van der Waals surface area contributed by atoms with Crippen LogP contribution in [0.3, 0.4) is 0 Å². The molecule has 188 valence electrons. The maximum absolute atomic E-state index is 14.6. The number of aromatic nitrogens is 1. The van der Waals surface area contributed by atoms with Gasteiger partial charge in [0.1, 0.15) is 29.0 Å². The van der Waals surface area contributed by atoms with E-state index in [1.165, 1.54) is 5.23 Å². The van der Waals surface area contributed by atoms with Gasteiger partial charge in [0.05, 0.1) is 5.82 Å². The maximum atomic E-state index is 14.6. The molecule has 3 rings (SSSR count). The van der Waals surface area contributed by atoms with Gasteiger partial charge in [-0.05, 0) is 12.1 Å². The van der Waals surface area contributed by atoms with Crippen molar-refractivity contribution in [2.24, 2.45) is 0 Å². The molecule has 0 fully saturated rings. The predicted octanol–water partition coefficient (Wildman–Crippen LogP) is 5.40. The quantitative estimate of drug-likeness (QED) is 0.207. The minimum absolute atomic E-state index is 0.338. The fourth-order valence-electron chi connectivity index (χ4n) is 3.11. The van der Waals surface area contributed by atoms with Crippen molar-refractivity contribution >= 4 is 33.9 Å². The van der Waals surface area contributed by atoms with Crippen LogP contribution >= 0.6 is 11.5 Å². The van der Waals surface area contributed by atoms with Crippen LogP contribution < -0.4 is 16.2 Å². The van der Waals surface area contributed by atoms with Gasteiger partial charge in [-0.15, -0.1) is 0 Å². The lowest BCUT2D eigenvalue weighted by Gasteiger charge is -2.39. The number of hydrogen-bond acceptors (Lipinski definition) is 2. The second-order valence-corrected chi connectivity index (χ2v) is 7.43. The largest absolute Gasteiger partial charge is 0.522 e. The molecule has 0 radical (unpaired) electrons. The van der Waals surface area contributed by atoms with E-state index in [9.17, 15) is 57.1 Å². The number of halogens is 14. The summed E-state index contributed by atoms with van der Waals surface area (Å²) in [6.45, 7) is 0. The number of pyridine rings is 1. The van der Waals surface area contributed by atoms with Crippen molar-refractivity contribution in [3.8, 4) is 0 Å². The number of benzene rings is 2. The Hall–Kier alpha value is -3.17. The zero-order chi connectivity index (χ0) is 26.6. The molecular weight excluding hydrogens is 537 g/mol. The van der Waals surface area contributed by atoms with Gasteiger partial charge in [-0.3, -0.25) is 0 Å². The Kier molecular flexibility index (Phi) is 6.65. The molecule has 2 nitrogen and oxygen atoms in total. The Morgan fingerprint density at radius 2 is 0.943 bits per heavy atom. The van der Waals surface area contributed by atoms with E-state index in [0.717, 1.165) is 0 Å². The van der Waals surface area contributed by atoms with Crippen molar-refractivity contribution in [2.75, 3.05) is 5.23 Å². The molecule has 1 N–H and O–H groups in total. The molecule has 1 heterocycles. The molecule has 3 aromatic rings. The van der Waals surface area contributed by atoms with E-state index in [0.29, 0.717) is 18.2 Å². The normalized spacial score (nSPS) is 12.3. The zero-order valence-electron chi connectivity index (χ0n) is 16.0. The van der Waals surface area contributed by atoms with Crippen LogP contribution in [-0.2, 0) is 6.18 Å². The van der Waals surface area contributed by atoms with Crippen LogP contribution in [0.5, 0.6) is 0 Å². The average molecular weight is 541 g/mol. The average Bonchev–Trinajstić information content (AvgIpc) is 2.78. The van der Waals surface area contributed by atoms with Crippen molar-refractivity contribution in [3.05, 3.63) is 82.1 Å². The van der Waals surface area contributed by atoms with Crippen LogP contribution in [0.1, 0.15) is 5.69 Å². The Labute approximate surface area is 190 Å². The highest BCUT2D eigenvalue weighted by atomic mass is 35.5. The smallest absolute Gasteiger partial charge is 0.433 e. The molecule has 0 aliphatic heterocycles. The lowest BCUT2D eigenvalue weighted by atomic mass is 9.47. The predicted molar refractivity (Wildman–Crippen MR) is 96.2 cm³/mol. The van der Waals surface area contributed by atoms with Crippen molar-refractivity contribution in [3.63, 3.8) is 0 Å². The van der Waals surface area contributed by atoms with Crippen molar-refractivity contribution < 1.29 is 57.1 Å². The molecule has 1 aromatic heterocycles. The number of rotatable bonds is 4. The molecule has 35 heavy (non-hydrogen) atoms. The summed E-state index contributed by atoms with van der Waals surface area (Å²) in [6, 6.07) is 1.44. The lowest BCUT2D eigenvalue weighted by molar-refractivity contribution is -0.141. The first kappa shape index (κ1) is 26.4. The standard InChI is InChI=1S/C18H4BClF13N2/c20-19(6-8(21)12(25)16(29)13(26)9(6)22,7-10(23)14(27)17(30)15(28)11(7)24)35-5-3-1-2-4(34-5)18(31,32)33/h1-3H,(H,34,35)/q-1. The Balaban J connectivity index is 2.47. The van der Waals surface area contributed by atoms with Crippen LogP contribution in [0.25, 0.3) is 0 Å². The number of hydrogen-bond donors (Lipinski definition) is 1. The Bertz CT molecular complexity index is 1220. The number of nitrogens with one attached hydrogen (secondary N) is 1. The molecule has 0 spiro atoms. The van der Waals surface area contributed by atoms with Crippen LogP contribution in [0.2, 0.25) is 0 Å². The molecule has 2 aromatic carbocycles. The molecule has 0 amide bonds. The van der Waals surface area contributed by atoms with E-state index in [1.54, 1.807) is 0 Å². The van der Waals surface area contributed by atoms with Crippen molar-refractivity contribution in [1.29, 1.82) is 0 Å². The molecule has 0 bridgehead atoms. The van der Waals surface area contributed by atoms with Gasteiger partial charge in [-0.1, -0.05) is 17.0 Å². The summed E-state index contributed by atoms with van der Waals surface area (Å²) in [5.74, 6) is -29.3. The highest BCUT2D eigenvalue weighted by Crippen LogP contribution is 2.30. The first-order chi connectivity index (χ1) is 16.0. The summed E-state index contributed by atoms with van der Waals surface area (Å²) in [7, 11) is 0. The third-order valence-corrected chi connectivity index (χ3v) is 5.21. The summed E-state index contributed by atoms with van der Waals surface area (Å²) in [6.07, 6.45) is -5.19. The molecule has 0 aliphatic rings. The third-order valence-electron chi connectivity index (χ3n) is 4.67. The lowest BCUT2D eigenvalue weighted by Crippen LogP contribution is -2.65. The first-order valence-electron chi connectivity index (χ1n) is 8.73. The van der Waals surface area contributed by atoms with Gasteiger partial charge in [-0.25, -0.2) is 48.9 Å². The third kappa shape index (κ3) is 4.23. The highest BCUT2D eigenvalue weighted by molar-refractivity contribution is 7.35. The molecular formula is C18H4BClF13N2-. The number of nitrogens with zero attached hydrogens (tertiary/aromatic N) is 1. The SMILES string of the molecule is Fc1c(F)c(F)c([B-](Cl)(Nc2cccc(C(F)(F)F)n2)c2c(F)c(F)c(F)c(F)c2F)c(F)c1F. The van der Waals surface area contributed by atoms with Gasteiger partial charge in [0.15, 0.2) is 34.9 Å². The van der Waals surface area contributed by atoms with Crippen molar-refractivity contribution in [1.82, 2.24) is 4.98 Å². The van der Waals surface area contributed by atoms with Gasteiger partial charge >= 0.3 is 6.18 Å². The molecule has 0 atom stereocenters. The van der Waals surface area contributed by atoms with E-state index < -0.39 is 92.5 Å². The fraction of sp³-hybridized carbons (Fsp3) is 0.0556. The Morgan fingerprint density at radius 3 is 1.29 bits per heavy atom. The Morgan fingerprint density at radius 1 is 0.600 bits per heavy atom. The van der Waals surface area contributed by atoms with Gasteiger partial charge in [-0.2, -0.15) is 13.2 Å². The van der Waals surface area contributed by atoms with Gasteiger partial charge < -0.3 is 16.7 Å². The topological polar surface area (TPSA) is 24.9 Å². The van der Waals surface area contributed by atoms with Crippen LogP contribution in [0.4, 0.5) is 62.9 Å². The number of anilines is 1. The van der Waals surface area contributed by atoms with E-state index in [4.69, 9.17) is 11.5 Å². The summed E-state index contributed by atoms with van der Waals surface area (Å²) in [5, 5.41) is 1.46. The molecule has 0 saturated carbocycles. The van der Waals surface area contributed by atoms with E-state index in [2.05, 4.69) is 4.98 Å². The van der Waals surface area contributed by atoms with E-state index in [1.807, 2.05) is 0 Å². The van der Waals surface area contributed by atoms with Crippen LogP contribution in [-0.4, -0.2) is 10.7 Å². The summed E-state index contributed by atoms with van der Waals surface area (Å²) in [5.41, 5.74) is -11.5. The second kappa shape index (κ2) is 8.80. The van der Waals surface area contributed by atoms with Crippen LogP contribution in [0, 0.1) is 58.2 Å². The van der Waals surface area contributed by atoms with Gasteiger partial charge in [0.25, 0.3) is 0 Å². The molecule has 0 aliphatic carbocycles. The summed E-state index contributed by atoms with van der Waals surface area (Å²) >= 11 is 5.86. The first-order valence-corrected chi connectivity index (χ1v) is 9.17. The summed E-state index contributed by atoms with van der Waals surface area (Å²) < 4.78 is 179. The highest BCUT2D eigenvalue weighted by Gasteiger charge is 2.43. The monoisotopic (exact) mass is 541 g/mol. The van der Waals surface area contributed by atoms with Crippen LogP contribution in [0.15, 0.2) is 18.2 Å². The maximum Gasteiger partial charge on any atom is 0.433 e. The summed E-state index contributed by atoms with van der Waals surface area (Å²) in [4.78, 5) is 2.91. The van der Waals surface area contributed by atoms with Gasteiger partial charge in [0.2, 0.25) is 5.70 Å². The fourth-order valence-corrected chi connectivity index (χ4v) is 3.60. The molecule has 17 heteroatoms. The zero-order valence-corrected chi connectivity index (χ0v) is 16.8. The number of alkyl halides is 3. The minimum Gasteiger partial charge on any atom is -0.522 e. The second-order valence-electron chi connectivity index (χ2n) is 6.78. The minimum atomic E-state index is -5.19. The molecule has 0 unspecified atom stereocenters. The van der Waals surface area contributed by atoms with E-state index >= 15 is 0 Å². The van der Waals surface area contributed by atoms with Crippen molar-refractivity contribution in [2.45, 2.75) is 6.18 Å². The van der Waals surface area contributed by atoms with Gasteiger partial charge in [0, 0.05) is 0 Å².